The standard InChI is InChI=1S/C24H28N4O3/c1-4-17-7-6-10-24(17,26)15-31-21-12-16(11-20(29-2)18(21)13-25)19-14-27-22-8-5-9-23(30-3)28(19)22/h5,8-9,11-12,14,17H,4,6-7,10,15,26H2,1-3H3/t17-,24+/m0/s1. The molecule has 2 N–H and O–H groups in total. The molecule has 162 valence electrons. The molecule has 1 aromatic carbocycles. The first kappa shape index (κ1) is 21.0. The van der Waals surface area contributed by atoms with Crippen LogP contribution in [0.25, 0.3) is 16.9 Å². The molecule has 1 aliphatic rings. The molecule has 2 heterocycles. The fourth-order valence-electron chi connectivity index (χ4n) is 4.67. The minimum atomic E-state index is -0.378. The number of hydrogen-bond acceptors (Lipinski definition) is 6. The lowest BCUT2D eigenvalue weighted by molar-refractivity contribution is 0.175. The SMILES string of the molecule is CC[C@H]1CCC[C@@]1(N)COc1cc(-c2cnc3cccc(OC)n23)cc(OC)c1C#N. The van der Waals surface area contributed by atoms with Gasteiger partial charge in [-0.05, 0) is 43.0 Å². The summed E-state index contributed by atoms with van der Waals surface area (Å²) in [4.78, 5) is 4.49. The van der Waals surface area contributed by atoms with Crippen molar-refractivity contribution in [3.63, 3.8) is 0 Å². The van der Waals surface area contributed by atoms with Crippen molar-refractivity contribution in [2.45, 2.75) is 38.1 Å². The third-order valence-corrected chi connectivity index (χ3v) is 6.39. The van der Waals surface area contributed by atoms with Gasteiger partial charge in [0.2, 0.25) is 0 Å². The maximum Gasteiger partial charge on any atom is 0.199 e. The van der Waals surface area contributed by atoms with Gasteiger partial charge < -0.3 is 19.9 Å². The van der Waals surface area contributed by atoms with Crippen LogP contribution in [0.2, 0.25) is 0 Å². The molecule has 7 heteroatoms. The highest BCUT2D eigenvalue weighted by Crippen LogP contribution is 2.39. The molecule has 0 amide bonds. The molecule has 7 nitrogen and oxygen atoms in total. The summed E-state index contributed by atoms with van der Waals surface area (Å²) in [5, 5.41) is 9.78. The molecule has 0 spiro atoms. The lowest BCUT2D eigenvalue weighted by Gasteiger charge is -2.31. The summed E-state index contributed by atoms with van der Waals surface area (Å²) in [5.41, 5.74) is 9.07. The summed E-state index contributed by atoms with van der Waals surface area (Å²) in [7, 11) is 3.17. The smallest absolute Gasteiger partial charge is 0.199 e. The largest absolute Gasteiger partial charge is 0.495 e. The van der Waals surface area contributed by atoms with Crippen molar-refractivity contribution in [1.82, 2.24) is 9.38 Å². The highest BCUT2D eigenvalue weighted by Gasteiger charge is 2.39. The van der Waals surface area contributed by atoms with Gasteiger partial charge >= 0.3 is 0 Å². The van der Waals surface area contributed by atoms with E-state index in [1.54, 1.807) is 20.4 Å². The van der Waals surface area contributed by atoms with Crippen LogP contribution in [0, 0.1) is 17.2 Å². The Labute approximate surface area is 182 Å². The number of rotatable bonds is 7. The number of benzene rings is 1. The molecule has 0 unspecified atom stereocenters. The maximum absolute atomic E-state index is 9.78. The van der Waals surface area contributed by atoms with Crippen LogP contribution in [-0.4, -0.2) is 35.8 Å². The average molecular weight is 421 g/mol. The van der Waals surface area contributed by atoms with Crippen molar-refractivity contribution in [2.75, 3.05) is 20.8 Å². The Bertz CT molecular complexity index is 1130. The number of imidazole rings is 1. The number of methoxy groups -OCH3 is 2. The van der Waals surface area contributed by atoms with E-state index in [2.05, 4.69) is 18.0 Å². The van der Waals surface area contributed by atoms with Gasteiger partial charge in [0, 0.05) is 5.56 Å². The molecular weight excluding hydrogens is 392 g/mol. The Balaban J connectivity index is 1.77. The van der Waals surface area contributed by atoms with E-state index in [1.165, 1.54) is 0 Å². The van der Waals surface area contributed by atoms with Gasteiger partial charge in [0.1, 0.15) is 35.4 Å². The summed E-state index contributed by atoms with van der Waals surface area (Å²) < 4.78 is 19.2. The van der Waals surface area contributed by atoms with Crippen LogP contribution >= 0.6 is 0 Å². The fraction of sp³-hybridized carbons (Fsp3) is 0.417. The predicted molar refractivity (Wildman–Crippen MR) is 118 cm³/mol. The second kappa shape index (κ2) is 8.48. The van der Waals surface area contributed by atoms with Crippen LogP contribution in [0.3, 0.4) is 0 Å². The first-order valence-electron chi connectivity index (χ1n) is 10.6. The lowest BCUT2D eigenvalue weighted by Crippen LogP contribution is -2.48. The van der Waals surface area contributed by atoms with Crippen LogP contribution in [0.1, 0.15) is 38.2 Å². The molecule has 0 saturated heterocycles. The van der Waals surface area contributed by atoms with E-state index >= 15 is 0 Å². The summed E-state index contributed by atoms with van der Waals surface area (Å²) >= 11 is 0. The Morgan fingerprint density at radius 1 is 1.26 bits per heavy atom. The maximum atomic E-state index is 9.78. The molecule has 1 aliphatic carbocycles. The van der Waals surface area contributed by atoms with Gasteiger partial charge in [0.05, 0.1) is 31.6 Å². The quantitative estimate of drug-likeness (QED) is 0.616. The van der Waals surface area contributed by atoms with Crippen molar-refractivity contribution in [2.24, 2.45) is 11.7 Å². The summed E-state index contributed by atoms with van der Waals surface area (Å²) in [5.74, 6) is 2.00. The average Bonchev–Trinajstić information content (AvgIpc) is 3.40. The minimum absolute atomic E-state index is 0.363. The van der Waals surface area contributed by atoms with Crippen molar-refractivity contribution >= 4 is 5.65 Å². The molecule has 3 aromatic rings. The van der Waals surface area contributed by atoms with Gasteiger partial charge in [-0.2, -0.15) is 5.26 Å². The van der Waals surface area contributed by atoms with Gasteiger partial charge in [-0.3, -0.25) is 4.40 Å². The number of fused-ring (bicyclic) bond motifs is 1. The molecular formula is C24H28N4O3. The predicted octanol–water partition coefficient (Wildman–Crippen LogP) is 4.18. The van der Waals surface area contributed by atoms with Gasteiger partial charge in [0.25, 0.3) is 0 Å². The van der Waals surface area contributed by atoms with Gasteiger partial charge in [-0.1, -0.05) is 25.8 Å². The van der Waals surface area contributed by atoms with Gasteiger partial charge in [-0.25, -0.2) is 4.98 Å². The van der Waals surface area contributed by atoms with Crippen molar-refractivity contribution in [1.29, 1.82) is 5.26 Å². The Hall–Kier alpha value is -3.24. The second-order valence-electron chi connectivity index (χ2n) is 8.09. The van der Waals surface area contributed by atoms with E-state index < -0.39 is 0 Å². The molecule has 0 bridgehead atoms. The van der Waals surface area contributed by atoms with Crippen molar-refractivity contribution in [3.8, 4) is 34.7 Å². The second-order valence-corrected chi connectivity index (χ2v) is 8.09. The monoisotopic (exact) mass is 420 g/mol. The lowest BCUT2D eigenvalue weighted by atomic mass is 9.87. The summed E-state index contributed by atoms with van der Waals surface area (Å²) in [6.07, 6.45) is 5.95. The number of nitriles is 1. The molecule has 1 fully saturated rings. The molecule has 2 atom stereocenters. The van der Waals surface area contributed by atoms with E-state index in [4.69, 9.17) is 19.9 Å². The topological polar surface area (TPSA) is 94.8 Å². The Morgan fingerprint density at radius 3 is 2.77 bits per heavy atom. The third kappa shape index (κ3) is 3.68. The number of aromatic nitrogens is 2. The molecule has 4 rings (SSSR count). The number of nitrogens with zero attached hydrogens (tertiary/aromatic N) is 3. The van der Waals surface area contributed by atoms with Crippen LogP contribution in [-0.2, 0) is 0 Å². The van der Waals surface area contributed by atoms with E-state index in [-0.39, 0.29) is 5.54 Å². The highest BCUT2D eigenvalue weighted by atomic mass is 16.5. The third-order valence-electron chi connectivity index (χ3n) is 6.39. The highest BCUT2D eigenvalue weighted by molar-refractivity contribution is 5.71. The van der Waals surface area contributed by atoms with Crippen LogP contribution < -0.4 is 19.9 Å². The zero-order chi connectivity index (χ0) is 22.0. The van der Waals surface area contributed by atoms with Crippen LogP contribution in [0.5, 0.6) is 17.4 Å². The van der Waals surface area contributed by atoms with E-state index in [0.29, 0.717) is 35.5 Å². The van der Waals surface area contributed by atoms with Gasteiger partial charge in [0.15, 0.2) is 5.88 Å². The zero-order valence-electron chi connectivity index (χ0n) is 18.2. The van der Waals surface area contributed by atoms with Gasteiger partial charge in [-0.15, -0.1) is 0 Å². The molecule has 2 aromatic heterocycles. The number of pyridine rings is 1. The Morgan fingerprint density at radius 2 is 2.06 bits per heavy atom. The molecule has 0 radical (unpaired) electrons. The van der Waals surface area contributed by atoms with Crippen molar-refractivity contribution in [3.05, 3.63) is 42.1 Å². The summed E-state index contributed by atoms with van der Waals surface area (Å²) in [6.45, 7) is 2.53. The van der Waals surface area contributed by atoms with Crippen LogP contribution in [0.15, 0.2) is 36.5 Å². The zero-order valence-corrected chi connectivity index (χ0v) is 18.2. The Kier molecular flexibility index (Phi) is 5.75. The first-order valence-corrected chi connectivity index (χ1v) is 10.6. The number of nitrogens with two attached hydrogens (primary N) is 1. The molecule has 0 aliphatic heterocycles. The normalized spacial score (nSPS) is 20.5. The van der Waals surface area contributed by atoms with E-state index in [1.807, 2.05) is 34.7 Å². The fourth-order valence-corrected chi connectivity index (χ4v) is 4.67. The first-order chi connectivity index (χ1) is 15.0. The van der Waals surface area contributed by atoms with Crippen LogP contribution in [0.4, 0.5) is 0 Å². The van der Waals surface area contributed by atoms with E-state index in [0.717, 1.165) is 42.6 Å². The molecule has 31 heavy (non-hydrogen) atoms. The summed E-state index contributed by atoms with van der Waals surface area (Å²) in [6, 6.07) is 11.6. The minimum Gasteiger partial charge on any atom is -0.495 e. The van der Waals surface area contributed by atoms with E-state index in [9.17, 15) is 5.26 Å². The number of hydrogen-bond donors (Lipinski definition) is 1. The number of ether oxygens (including phenoxy) is 3. The molecule has 1 saturated carbocycles. The van der Waals surface area contributed by atoms with Crippen molar-refractivity contribution < 1.29 is 14.2 Å².